The average Bonchev–Trinajstić information content (AvgIpc) is 2.87. The number of hydrogen-bond donors (Lipinski definition) is 1. The Hall–Kier alpha value is -0.206. The standard InChI is InChI=1S/C15H24O.C5H5.2ClH.Ti/c1-10-8-11(14(2,3)4)13(16)12(9-10)15(5,6)7;1-2-4-5-3-1;;;/h8-9,16H,1-7H3;1-3H,4H2;2*1H;/q;-1;;;/p-2. The molecule has 4 heteroatoms. The second kappa shape index (κ2) is 11.4. The number of halogens is 2. The number of phenols is 1. The predicted octanol–water partition coefficient (Wildman–Crippen LogP) is -0.393. The van der Waals surface area contributed by atoms with Crippen LogP contribution in [0.5, 0.6) is 5.75 Å². The number of allylic oxidation sites excluding steroid dienone is 4. The van der Waals surface area contributed by atoms with Crippen LogP contribution >= 0.6 is 0 Å². The normalized spacial score (nSPS) is 12.3. The molecule has 2 rings (SSSR count). The first-order valence-electron chi connectivity index (χ1n) is 7.60. The predicted molar refractivity (Wildman–Crippen MR) is 91.8 cm³/mol. The maximum Gasteiger partial charge on any atom is 0.123 e. The first kappa shape index (κ1) is 28.6. The average molecular weight is 404 g/mol. The topological polar surface area (TPSA) is 20.2 Å². The molecule has 0 saturated carbocycles. The fourth-order valence-corrected chi connectivity index (χ4v) is 2.26. The molecule has 0 spiro atoms. The molecule has 1 aromatic carbocycles. The summed E-state index contributed by atoms with van der Waals surface area (Å²) < 4.78 is 0. The molecule has 24 heavy (non-hydrogen) atoms. The van der Waals surface area contributed by atoms with Gasteiger partial charge < -0.3 is 29.9 Å². The molecule has 1 N–H and O–H groups in total. The van der Waals surface area contributed by atoms with Crippen molar-refractivity contribution in [3.8, 4) is 5.75 Å². The van der Waals surface area contributed by atoms with E-state index in [-0.39, 0.29) is 57.4 Å². The third kappa shape index (κ3) is 8.76. The number of hydrogen-bond acceptors (Lipinski definition) is 1. The largest absolute Gasteiger partial charge is 1.00 e. The number of aryl methyl sites for hydroxylation is 1. The van der Waals surface area contributed by atoms with Crippen LogP contribution in [-0.2, 0) is 32.5 Å². The Labute approximate surface area is 175 Å². The molecule has 1 aromatic rings. The van der Waals surface area contributed by atoms with Crippen molar-refractivity contribution in [2.45, 2.75) is 65.7 Å². The van der Waals surface area contributed by atoms with E-state index < -0.39 is 0 Å². The van der Waals surface area contributed by atoms with Gasteiger partial charge in [-0.25, -0.2) is 12.2 Å². The van der Waals surface area contributed by atoms with Gasteiger partial charge in [-0.2, -0.15) is 6.08 Å². The number of benzene rings is 1. The summed E-state index contributed by atoms with van der Waals surface area (Å²) in [6.45, 7) is 14.9. The van der Waals surface area contributed by atoms with Gasteiger partial charge in [-0.15, -0.1) is 6.42 Å². The molecule has 0 fully saturated rings. The van der Waals surface area contributed by atoms with Gasteiger partial charge in [0.25, 0.3) is 0 Å². The molecule has 0 aromatic heterocycles. The van der Waals surface area contributed by atoms with Crippen LogP contribution in [0, 0.1) is 13.0 Å². The van der Waals surface area contributed by atoms with E-state index in [0.29, 0.717) is 5.75 Å². The molecule has 0 radical (unpaired) electrons. The van der Waals surface area contributed by atoms with Crippen molar-refractivity contribution in [2.24, 2.45) is 0 Å². The molecule has 136 valence electrons. The van der Waals surface area contributed by atoms with Gasteiger partial charge in [-0.1, -0.05) is 59.2 Å². The maximum atomic E-state index is 10.4. The van der Waals surface area contributed by atoms with E-state index in [0.717, 1.165) is 17.5 Å². The van der Waals surface area contributed by atoms with Crippen LogP contribution in [0.15, 0.2) is 30.4 Å². The number of phenolic OH excluding ortho intramolecular Hbond substituents is 1. The monoisotopic (exact) mass is 403 g/mol. The Balaban J connectivity index is -0.000000475. The van der Waals surface area contributed by atoms with Gasteiger partial charge in [-0.3, -0.25) is 6.08 Å². The molecule has 0 atom stereocenters. The van der Waals surface area contributed by atoms with Gasteiger partial charge in [-0.05, 0) is 28.9 Å². The van der Waals surface area contributed by atoms with Gasteiger partial charge in [0.1, 0.15) is 5.75 Å². The van der Waals surface area contributed by atoms with E-state index in [1.54, 1.807) is 0 Å². The molecule has 0 unspecified atom stereocenters. The van der Waals surface area contributed by atoms with Crippen LogP contribution in [0.2, 0.25) is 0 Å². The summed E-state index contributed by atoms with van der Waals surface area (Å²) in [5.41, 5.74) is 3.26. The molecule has 0 amide bonds. The smallest absolute Gasteiger partial charge is 0.123 e. The zero-order chi connectivity index (χ0) is 16.3. The Bertz CT molecular complexity index is 505. The second-order valence-electron chi connectivity index (χ2n) is 7.71. The summed E-state index contributed by atoms with van der Waals surface area (Å²) in [7, 11) is 0. The number of rotatable bonds is 0. The number of aromatic hydroxyl groups is 1. The van der Waals surface area contributed by atoms with Crippen LogP contribution in [0.25, 0.3) is 0 Å². The Morgan fingerprint density at radius 2 is 1.33 bits per heavy atom. The van der Waals surface area contributed by atoms with Gasteiger partial charge in [0.05, 0.1) is 0 Å². The van der Waals surface area contributed by atoms with Gasteiger partial charge >= 0.3 is 0 Å². The van der Waals surface area contributed by atoms with Crippen molar-refractivity contribution in [1.82, 2.24) is 0 Å². The third-order valence-electron chi connectivity index (χ3n) is 3.46. The maximum absolute atomic E-state index is 10.4. The molecule has 1 aliphatic rings. The molecule has 0 heterocycles. The van der Waals surface area contributed by atoms with Crippen molar-refractivity contribution in [3.05, 3.63) is 53.1 Å². The molecule has 0 saturated heterocycles. The van der Waals surface area contributed by atoms with Crippen molar-refractivity contribution in [3.63, 3.8) is 0 Å². The Morgan fingerprint density at radius 1 is 0.917 bits per heavy atom. The van der Waals surface area contributed by atoms with E-state index in [4.69, 9.17) is 0 Å². The first-order chi connectivity index (χ1) is 9.53. The van der Waals surface area contributed by atoms with Crippen molar-refractivity contribution >= 4 is 0 Å². The summed E-state index contributed by atoms with van der Waals surface area (Å²) in [5, 5.41) is 10.4. The fourth-order valence-electron chi connectivity index (χ4n) is 2.26. The molecule has 0 bridgehead atoms. The van der Waals surface area contributed by atoms with Crippen LogP contribution in [0.3, 0.4) is 0 Å². The summed E-state index contributed by atoms with van der Waals surface area (Å²) >= 11 is 0. The van der Waals surface area contributed by atoms with Crippen LogP contribution in [-0.4, -0.2) is 5.11 Å². The minimum absolute atomic E-state index is 0. The Morgan fingerprint density at radius 3 is 1.54 bits per heavy atom. The van der Waals surface area contributed by atoms with Crippen molar-refractivity contribution < 1.29 is 51.6 Å². The SMILES string of the molecule is Cc1cc(C(C)(C)C)c(O)c(C(C)(C)C)c1.[C-]1=CC=CC1.[Cl-].[Cl-].[Ti]. The van der Waals surface area contributed by atoms with Crippen LogP contribution in [0.1, 0.15) is 64.7 Å². The van der Waals surface area contributed by atoms with E-state index in [1.165, 1.54) is 5.56 Å². The van der Waals surface area contributed by atoms with Gasteiger partial charge in [0.2, 0.25) is 0 Å². The zero-order valence-electron chi connectivity index (χ0n) is 15.8. The third-order valence-corrected chi connectivity index (χ3v) is 3.46. The molecular formula is C20H29Cl2OTi-3. The van der Waals surface area contributed by atoms with E-state index in [1.807, 2.05) is 12.2 Å². The van der Waals surface area contributed by atoms with Crippen LogP contribution in [0.4, 0.5) is 0 Å². The van der Waals surface area contributed by atoms with Crippen molar-refractivity contribution in [1.29, 1.82) is 0 Å². The van der Waals surface area contributed by atoms with E-state index in [2.05, 4.69) is 72.8 Å². The van der Waals surface area contributed by atoms with E-state index >= 15 is 0 Å². The molecule has 0 aliphatic heterocycles. The van der Waals surface area contributed by atoms with Gasteiger partial charge in [0, 0.05) is 21.7 Å². The van der Waals surface area contributed by atoms with Gasteiger partial charge in [0.15, 0.2) is 0 Å². The summed E-state index contributed by atoms with van der Waals surface area (Å²) in [4.78, 5) is 0. The summed E-state index contributed by atoms with van der Waals surface area (Å²) in [6, 6.07) is 4.18. The fraction of sp³-hybridized carbons (Fsp3) is 0.500. The molecular weight excluding hydrogens is 375 g/mol. The second-order valence-corrected chi connectivity index (χ2v) is 7.71. The quantitative estimate of drug-likeness (QED) is 0.462. The first-order valence-corrected chi connectivity index (χ1v) is 7.60. The molecule has 1 aliphatic carbocycles. The minimum Gasteiger partial charge on any atom is -1.00 e. The van der Waals surface area contributed by atoms with Crippen LogP contribution < -0.4 is 24.8 Å². The summed E-state index contributed by atoms with van der Waals surface area (Å²) in [5.74, 6) is 0.464. The van der Waals surface area contributed by atoms with Crippen molar-refractivity contribution in [2.75, 3.05) is 0 Å². The summed E-state index contributed by atoms with van der Waals surface area (Å²) in [6.07, 6.45) is 10.0. The zero-order valence-corrected chi connectivity index (χ0v) is 18.9. The minimum atomic E-state index is -0.0178. The molecule has 1 nitrogen and oxygen atoms in total. The van der Waals surface area contributed by atoms with E-state index in [9.17, 15) is 5.11 Å². The Kier molecular flexibility index (Phi) is 13.6.